The van der Waals surface area contributed by atoms with Crippen LogP contribution in [0.5, 0.6) is 5.75 Å². The van der Waals surface area contributed by atoms with Crippen LogP contribution in [-0.4, -0.2) is 19.2 Å². The molecule has 1 aromatic rings. The molecule has 0 amide bonds. The van der Waals surface area contributed by atoms with Gasteiger partial charge in [-0.05, 0) is 57.5 Å². The SMILES string of the molecule is CCCNCCCC(C)Oc1ccc(Br)cc1Cl. The Labute approximate surface area is 123 Å². The van der Waals surface area contributed by atoms with Gasteiger partial charge in [-0.3, -0.25) is 0 Å². The summed E-state index contributed by atoms with van der Waals surface area (Å²) in [4.78, 5) is 0. The van der Waals surface area contributed by atoms with Crippen LogP contribution in [0.3, 0.4) is 0 Å². The number of hydrogen-bond donors (Lipinski definition) is 1. The van der Waals surface area contributed by atoms with E-state index in [9.17, 15) is 0 Å². The van der Waals surface area contributed by atoms with Crippen LogP contribution in [0.25, 0.3) is 0 Å². The molecule has 0 aromatic heterocycles. The molecule has 0 saturated carbocycles. The molecular weight excluding hydrogens is 314 g/mol. The average molecular weight is 335 g/mol. The zero-order valence-electron chi connectivity index (χ0n) is 11.0. The third kappa shape index (κ3) is 6.07. The van der Waals surface area contributed by atoms with E-state index in [1.54, 1.807) is 0 Å². The van der Waals surface area contributed by atoms with Crippen molar-refractivity contribution in [1.29, 1.82) is 0 Å². The van der Waals surface area contributed by atoms with E-state index in [0.717, 1.165) is 36.2 Å². The zero-order valence-corrected chi connectivity index (χ0v) is 13.4. The van der Waals surface area contributed by atoms with Crippen molar-refractivity contribution in [2.24, 2.45) is 0 Å². The first-order valence-corrected chi connectivity index (χ1v) is 7.63. The van der Waals surface area contributed by atoms with Gasteiger partial charge in [0.2, 0.25) is 0 Å². The third-order valence-electron chi connectivity index (χ3n) is 2.61. The molecule has 102 valence electrons. The molecular formula is C14H21BrClNO. The maximum Gasteiger partial charge on any atom is 0.138 e. The number of rotatable bonds is 8. The second-order valence-corrected chi connectivity index (χ2v) is 5.72. The minimum atomic E-state index is 0.187. The van der Waals surface area contributed by atoms with E-state index < -0.39 is 0 Å². The van der Waals surface area contributed by atoms with Crippen LogP contribution in [0.2, 0.25) is 5.02 Å². The molecule has 18 heavy (non-hydrogen) atoms. The lowest BCUT2D eigenvalue weighted by molar-refractivity contribution is 0.207. The highest BCUT2D eigenvalue weighted by Crippen LogP contribution is 2.28. The molecule has 0 aliphatic rings. The Morgan fingerprint density at radius 3 is 2.83 bits per heavy atom. The summed E-state index contributed by atoms with van der Waals surface area (Å²) in [6.45, 7) is 6.40. The lowest BCUT2D eigenvalue weighted by Crippen LogP contribution is -2.19. The molecule has 0 spiro atoms. The summed E-state index contributed by atoms with van der Waals surface area (Å²) >= 11 is 9.49. The van der Waals surface area contributed by atoms with Crippen LogP contribution in [0, 0.1) is 0 Å². The van der Waals surface area contributed by atoms with Crippen LogP contribution in [0.15, 0.2) is 22.7 Å². The first-order chi connectivity index (χ1) is 8.63. The maximum atomic E-state index is 6.11. The van der Waals surface area contributed by atoms with Crippen LogP contribution >= 0.6 is 27.5 Å². The Morgan fingerprint density at radius 2 is 2.17 bits per heavy atom. The number of halogens is 2. The minimum Gasteiger partial charge on any atom is -0.489 e. The molecule has 0 fully saturated rings. The van der Waals surface area contributed by atoms with Crippen molar-refractivity contribution >= 4 is 27.5 Å². The molecule has 0 aliphatic heterocycles. The Hall–Kier alpha value is -0.250. The molecule has 1 atom stereocenters. The topological polar surface area (TPSA) is 21.3 Å². The smallest absolute Gasteiger partial charge is 0.138 e. The van der Waals surface area contributed by atoms with Gasteiger partial charge in [-0.15, -0.1) is 0 Å². The molecule has 0 radical (unpaired) electrons. The zero-order chi connectivity index (χ0) is 13.4. The van der Waals surface area contributed by atoms with Gasteiger partial charge < -0.3 is 10.1 Å². The summed E-state index contributed by atoms with van der Waals surface area (Å²) in [7, 11) is 0. The van der Waals surface area contributed by atoms with Crippen LogP contribution in [0.4, 0.5) is 0 Å². The van der Waals surface area contributed by atoms with Crippen molar-refractivity contribution in [3.05, 3.63) is 27.7 Å². The Balaban J connectivity index is 2.28. The van der Waals surface area contributed by atoms with Crippen molar-refractivity contribution < 1.29 is 4.74 Å². The van der Waals surface area contributed by atoms with Gasteiger partial charge in [0.1, 0.15) is 5.75 Å². The second kappa shape index (κ2) is 8.78. The van der Waals surface area contributed by atoms with E-state index in [-0.39, 0.29) is 6.10 Å². The molecule has 0 heterocycles. The fraction of sp³-hybridized carbons (Fsp3) is 0.571. The van der Waals surface area contributed by atoms with Crippen LogP contribution in [-0.2, 0) is 0 Å². The van der Waals surface area contributed by atoms with Gasteiger partial charge in [-0.25, -0.2) is 0 Å². The van der Waals surface area contributed by atoms with Gasteiger partial charge in [0, 0.05) is 4.47 Å². The predicted molar refractivity (Wildman–Crippen MR) is 81.6 cm³/mol. The summed E-state index contributed by atoms with van der Waals surface area (Å²) < 4.78 is 6.79. The number of hydrogen-bond acceptors (Lipinski definition) is 2. The highest BCUT2D eigenvalue weighted by Gasteiger charge is 2.07. The lowest BCUT2D eigenvalue weighted by atomic mass is 10.2. The third-order valence-corrected chi connectivity index (χ3v) is 3.40. The van der Waals surface area contributed by atoms with Gasteiger partial charge in [0.15, 0.2) is 0 Å². The number of benzene rings is 1. The minimum absolute atomic E-state index is 0.187. The summed E-state index contributed by atoms with van der Waals surface area (Å²) in [6, 6.07) is 5.70. The molecule has 2 nitrogen and oxygen atoms in total. The number of nitrogens with one attached hydrogen (secondary N) is 1. The van der Waals surface area contributed by atoms with Crippen molar-refractivity contribution in [3.8, 4) is 5.75 Å². The van der Waals surface area contributed by atoms with Gasteiger partial charge in [-0.2, -0.15) is 0 Å². The summed E-state index contributed by atoms with van der Waals surface area (Å²) in [5.41, 5.74) is 0. The van der Waals surface area contributed by atoms with E-state index in [0.29, 0.717) is 5.02 Å². The summed E-state index contributed by atoms with van der Waals surface area (Å²) in [5, 5.41) is 4.04. The van der Waals surface area contributed by atoms with E-state index >= 15 is 0 Å². The van der Waals surface area contributed by atoms with Crippen molar-refractivity contribution in [2.75, 3.05) is 13.1 Å². The second-order valence-electron chi connectivity index (χ2n) is 4.40. The summed E-state index contributed by atoms with van der Waals surface area (Å²) in [6.07, 6.45) is 3.52. The standard InChI is InChI=1S/C14H21BrClNO/c1-3-8-17-9-4-5-11(2)18-14-7-6-12(15)10-13(14)16/h6-7,10-11,17H,3-5,8-9H2,1-2H3. The quantitative estimate of drug-likeness (QED) is 0.699. The highest BCUT2D eigenvalue weighted by atomic mass is 79.9. The van der Waals surface area contributed by atoms with E-state index in [4.69, 9.17) is 16.3 Å². The van der Waals surface area contributed by atoms with E-state index in [1.165, 1.54) is 6.42 Å². The molecule has 1 rings (SSSR count). The molecule has 4 heteroatoms. The van der Waals surface area contributed by atoms with Gasteiger partial charge in [0.25, 0.3) is 0 Å². The fourth-order valence-corrected chi connectivity index (χ4v) is 2.38. The first kappa shape index (κ1) is 15.8. The van der Waals surface area contributed by atoms with Crippen LogP contribution in [0.1, 0.15) is 33.1 Å². The summed E-state index contributed by atoms with van der Waals surface area (Å²) in [5.74, 6) is 0.758. The molecule has 1 aromatic carbocycles. The van der Waals surface area contributed by atoms with Crippen LogP contribution < -0.4 is 10.1 Å². The molecule has 0 aliphatic carbocycles. The van der Waals surface area contributed by atoms with Gasteiger partial charge in [-0.1, -0.05) is 34.5 Å². The van der Waals surface area contributed by atoms with Crippen molar-refractivity contribution in [2.45, 2.75) is 39.2 Å². The molecule has 1 N–H and O–H groups in total. The lowest BCUT2D eigenvalue weighted by Gasteiger charge is -2.16. The Morgan fingerprint density at radius 1 is 1.39 bits per heavy atom. The monoisotopic (exact) mass is 333 g/mol. The largest absolute Gasteiger partial charge is 0.489 e. The fourth-order valence-electron chi connectivity index (χ4n) is 1.66. The van der Waals surface area contributed by atoms with E-state index in [2.05, 4.69) is 35.1 Å². The highest BCUT2D eigenvalue weighted by molar-refractivity contribution is 9.10. The molecule has 1 unspecified atom stereocenters. The molecule has 0 bridgehead atoms. The average Bonchev–Trinajstić information content (AvgIpc) is 2.32. The molecule has 0 saturated heterocycles. The first-order valence-electron chi connectivity index (χ1n) is 6.46. The van der Waals surface area contributed by atoms with E-state index in [1.807, 2.05) is 18.2 Å². The normalized spacial score (nSPS) is 12.4. The van der Waals surface area contributed by atoms with Gasteiger partial charge in [0.05, 0.1) is 11.1 Å². The number of ether oxygens (including phenoxy) is 1. The Bertz CT molecular complexity index is 360. The maximum absolute atomic E-state index is 6.11. The Kier molecular flexibility index (Phi) is 7.71. The van der Waals surface area contributed by atoms with Gasteiger partial charge >= 0.3 is 0 Å². The predicted octanol–water partition coefficient (Wildman–Crippen LogP) is 4.65. The van der Waals surface area contributed by atoms with Crippen molar-refractivity contribution in [3.63, 3.8) is 0 Å². The van der Waals surface area contributed by atoms with Crippen molar-refractivity contribution in [1.82, 2.24) is 5.32 Å².